The summed E-state index contributed by atoms with van der Waals surface area (Å²) in [5, 5.41) is 0. The van der Waals surface area contributed by atoms with Crippen LogP contribution in [0.15, 0.2) is 48.9 Å². The SMILES string of the molecule is O=C(CCCc1ccncn1)OCc1ccccc1. The minimum Gasteiger partial charge on any atom is -0.461 e. The van der Waals surface area contributed by atoms with Crippen molar-refractivity contribution in [3.8, 4) is 0 Å². The molecule has 98 valence electrons. The summed E-state index contributed by atoms with van der Waals surface area (Å²) < 4.78 is 5.19. The smallest absolute Gasteiger partial charge is 0.306 e. The fourth-order valence-corrected chi connectivity index (χ4v) is 1.69. The van der Waals surface area contributed by atoms with Crippen LogP contribution in [-0.4, -0.2) is 15.9 Å². The van der Waals surface area contributed by atoms with Gasteiger partial charge in [0, 0.05) is 18.3 Å². The Bertz CT molecular complexity index is 500. The van der Waals surface area contributed by atoms with Gasteiger partial charge in [-0.15, -0.1) is 0 Å². The molecule has 0 aliphatic rings. The number of hydrogen-bond acceptors (Lipinski definition) is 4. The molecule has 0 N–H and O–H groups in total. The zero-order valence-electron chi connectivity index (χ0n) is 10.7. The predicted molar refractivity (Wildman–Crippen MR) is 71.2 cm³/mol. The van der Waals surface area contributed by atoms with Gasteiger partial charge in [-0.3, -0.25) is 4.79 Å². The number of ether oxygens (including phenoxy) is 1. The zero-order chi connectivity index (χ0) is 13.3. The highest BCUT2D eigenvalue weighted by Gasteiger charge is 2.04. The molecule has 19 heavy (non-hydrogen) atoms. The molecule has 0 spiro atoms. The van der Waals surface area contributed by atoms with E-state index in [9.17, 15) is 4.79 Å². The van der Waals surface area contributed by atoms with Crippen LogP contribution in [0.25, 0.3) is 0 Å². The van der Waals surface area contributed by atoms with Gasteiger partial charge in [-0.25, -0.2) is 9.97 Å². The summed E-state index contributed by atoms with van der Waals surface area (Å²) in [6.07, 6.45) is 5.14. The van der Waals surface area contributed by atoms with Crippen molar-refractivity contribution in [2.45, 2.75) is 25.9 Å². The number of carbonyl (C=O) groups is 1. The van der Waals surface area contributed by atoms with Crippen molar-refractivity contribution in [2.75, 3.05) is 0 Å². The third-order valence-corrected chi connectivity index (χ3v) is 2.70. The molecule has 1 heterocycles. The molecule has 0 radical (unpaired) electrons. The van der Waals surface area contributed by atoms with Crippen molar-refractivity contribution in [3.63, 3.8) is 0 Å². The number of carbonyl (C=O) groups excluding carboxylic acids is 1. The molecule has 0 aliphatic heterocycles. The van der Waals surface area contributed by atoms with Gasteiger partial charge >= 0.3 is 5.97 Å². The number of hydrogen-bond donors (Lipinski definition) is 0. The minimum absolute atomic E-state index is 0.169. The van der Waals surface area contributed by atoms with E-state index in [0.29, 0.717) is 13.0 Å². The van der Waals surface area contributed by atoms with Crippen LogP contribution in [0.5, 0.6) is 0 Å². The second-order valence-corrected chi connectivity index (χ2v) is 4.20. The lowest BCUT2D eigenvalue weighted by Crippen LogP contribution is -2.05. The minimum atomic E-state index is -0.169. The van der Waals surface area contributed by atoms with Gasteiger partial charge in [-0.05, 0) is 24.5 Å². The molecular formula is C15H16N2O2. The van der Waals surface area contributed by atoms with Gasteiger partial charge in [0.2, 0.25) is 0 Å². The lowest BCUT2D eigenvalue weighted by Gasteiger charge is -2.04. The Morgan fingerprint density at radius 1 is 1.16 bits per heavy atom. The molecule has 1 aromatic carbocycles. The first-order chi connectivity index (χ1) is 9.34. The molecular weight excluding hydrogens is 240 g/mol. The predicted octanol–water partition coefficient (Wildman–Crippen LogP) is 2.54. The molecule has 0 unspecified atom stereocenters. The van der Waals surface area contributed by atoms with Crippen molar-refractivity contribution in [2.24, 2.45) is 0 Å². The standard InChI is InChI=1S/C15H16N2O2/c18-15(19-11-13-5-2-1-3-6-13)8-4-7-14-9-10-16-12-17-14/h1-3,5-6,9-10,12H,4,7-8,11H2. The number of esters is 1. The van der Waals surface area contributed by atoms with Gasteiger partial charge < -0.3 is 4.74 Å². The Hall–Kier alpha value is -2.23. The molecule has 0 aliphatic carbocycles. The fraction of sp³-hybridized carbons (Fsp3) is 0.267. The number of benzene rings is 1. The maximum Gasteiger partial charge on any atom is 0.306 e. The highest BCUT2D eigenvalue weighted by atomic mass is 16.5. The van der Waals surface area contributed by atoms with Crippen molar-refractivity contribution >= 4 is 5.97 Å². The van der Waals surface area contributed by atoms with Gasteiger partial charge in [-0.2, -0.15) is 0 Å². The Balaban J connectivity index is 1.65. The van der Waals surface area contributed by atoms with Crippen LogP contribution in [0.3, 0.4) is 0 Å². The molecule has 2 aromatic rings. The number of aryl methyl sites for hydroxylation is 1. The van der Waals surface area contributed by atoms with Crippen LogP contribution in [-0.2, 0) is 22.6 Å². The highest BCUT2D eigenvalue weighted by Crippen LogP contribution is 2.05. The number of rotatable bonds is 6. The maximum atomic E-state index is 11.6. The topological polar surface area (TPSA) is 52.1 Å². The van der Waals surface area contributed by atoms with Crippen LogP contribution in [0.2, 0.25) is 0 Å². The molecule has 0 saturated carbocycles. The van der Waals surface area contributed by atoms with E-state index in [1.165, 1.54) is 6.33 Å². The second-order valence-electron chi connectivity index (χ2n) is 4.20. The lowest BCUT2D eigenvalue weighted by atomic mass is 10.2. The molecule has 0 fully saturated rings. The fourth-order valence-electron chi connectivity index (χ4n) is 1.69. The van der Waals surface area contributed by atoms with E-state index < -0.39 is 0 Å². The lowest BCUT2D eigenvalue weighted by molar-refractivity contribution is -0.145. The third kappa shape index (κ3) is 4.87. The van der Waals surface area contributed by atoms with Crippen molar-refractivity contribution in [1.29, 1.82) is 0 Å². The van der Waals surface area contributed by atoms with E-state index in [1.54, 1.807) is 6.20 Å². The largest absolute Gasteiger partial charge is 0.461 e. The maximum absolute atomic E-state index is 11.6. The van der Waals surface area contributed by atoms with Crippen molar-refractivity contribution in [1.82, 2.24) is 9.97 Å². The van der Waals surface area contributed by atoms with Crippen LogP contribution < -0.4 is 0 Å². The van der Waals surface area contributed by atoms with E-state index in [2.05, 4.69) is 9.97 Å². The quantitative estimate of drug-likeness (QED) is 0.745. The van der Waals surface area contributed by atoms with E-state index in [4.69, 9.17) is 4.74 Å². The average Bonchev–Trinajstić information content (AvgIpc) is 2.47. The van der Waals surface area contributed by atoms with Gasteiger partial charge in [0.15, 0.2) is 0 Å². The summed E-state index contributed by atoms with van der Waals surface area (Å²) in [7, 11) is 0. The molecule has 0 saturated heterocycles. The summed E-state index contributed by atoms with van der Waals surface area (Å²) in [5.74, 6) is -0.169. The zero-order valence-corrected chi connectivity index (χ0v) is 10.7. The van der Waals surface area contributed by atoms with E-state index >= 15 is 0 Å². The molecule has 0 atom stereocenters. The number of aromatic nitrogens is 2. The Labute approximate surface area is 112 Å². The van der Waals surface area contributed by atoms with E-state index in [0.717, 1.165) is 24.1 Å². The summed E-state index contributed by atoms with van der Waals surface area (Å²) >= 11 is 0. The van der Waals surface area contributed by atoms with E-state index in [1.807, 2.05) is 36.4 Å². The third-order valence-electron chi connectivity index (χ3n) is 2.70. The summed E-state index contributed by atoms with van der Waals surface area (Å²) in [5.41, 5.74) is 1.96. The first kappa shape index (κ1) is 13.2. The molecule has 0 bridgehead atoms. The first-order valence-corrected chi connectivity index (χ1v) is 6.29. The van der Waals surface area contributed by atoms with Crippen LogP contribution in [0.4, 0.5) is 0 Å². The van der Waals surface area contributed by atoms with Crippen LogP contribution >= 0.6 is 0 Å². The molecule has 4 heteroatoms. The monoisotopic (exact) mass is 256 g/mol. The summed E-state index contributed by atoms with van der Waals surface area (Å²) in [4.78, 5) is 19.5. The van der Waals surface area contributed by atoms with Crippen LogP contribution in [0.1, 0.15) is 24.1 Å². The Morgan fingerprint density at radius 2 is 2.00 bits per heavy atom. The second kappa shape index (κ2) is 7.26. The van der Waals surface area contributed by atoms with Gasteiger partial charge in [-0.1, -0.05) is 30.3 Å². The molecule has 4 nitrogen and oxygen atoms in total. The van der Waals surface area contributed by atoms with Gasteiger partial charge in [0.1, 0.15) is 12.9 Å². The normalized spacial score (nSPS) is 10.1. The van der Waals surface area contributed by atoms with Crippen LogP contribution in [0, 0.1) is 0 Å². The van der Waals surface area contributed by atoms with Gasteiger partial charge in [0.25, 0.3) is 0 Å². The molecule has 0 amide bonds. The highest BCUT2D eigenvalue weighted by molar-refractivity contribution is 5.69. The average molecular weight is 256 g/mol. The Kier molecular flexibility index (Phi) is 5.05. The first-order valence-electron chi connectivity index (χ1n) is 6.29. The Morgan fingerprint density at radius 3 is 2.74 bits per heavy atom. The van der Waals surface area contributed by atoms with E-state index in [-0.39, 0.29) is 5.97 Å². The summed E-state index contributed by atoms with van der Waals surface area (Å²) in [6.45, 7) is 0.340. The summed E-state index contributed by atoms with van der Waals surface area (Å²) in [6, 6.07) is 11.5. The number of nitrogens with zero attached hydrogens (tertiary/aromatic N) is 2. The van der Waals surface area contributed by atoms with Crippen molar-refractivity contribution in [3.05, 3.63) is 60.2 Å². The molecule has 2 rings (SSSR count). The van der Waals surface area contributed by atoms with Crippen molar-refractivity contribution < 1.29 is 9.53 Å². The van der Waals surface area contributed by atoms with Gasteiger partial charge in [0.05, 0.1) is 0 Å². The molecule has 1 aromatic heterocycles.